The van der Waals surface area contributed by atoms with Gasteiger partial charge in [0, 0.05) is 4.88 Å². The minimum atomic E-state index is 0.527. The molecule has 0 unspecified atom stereocenters. The Kier molecular flexibility index (Phi) is 5.75. The number of benzene rings is 1. The number of fused-ring (bicyclic) bond motifs is 1. The molecule has 0 aliphatic rings. The molecule has 0 radical (unpaired) electrons. The number of hydrogen-bond donors (Lipinski definition) is 1. The SMILES string of the molecule is Cc1sc2nc(CSc3nnc(-c4ccc(Br)o4)n3Cc3ccccc3)nc(N)c2c1C. The predicted molar refractivity (Wildman–Crippen MR) is 132 cm³/mol. The Morgan fingerprint density at radius 1 is 1.09 bits per heavy atom. The van der Waals surface area contributed by atoms with Crippen molar-refractivity contribution < 1.29 is 4.42 Å². The van der Waals surface area contributed by atoms with E-state index in [1.54, 1.807) is 11.3 Å². The van der Waals surface area contributed by atoms with Crippen LogP contribution in [0.3, 0.4) is 0 Å². The van der Waals surface area contributed by atoms with E-state index in [0.29, 0.717) is 40.2 Å². The molecule has 0 amide bonds. The normalized spacial score (nSPS) is 11.5. The van der Waals surface area contributed by atoms with Crippen molar-refractivity contribution in [2.24, 2.45) is 0 Å². The Morgan fingerprint density at radius 3 is 2.66 bits per heavy atom. The number of aryl methyl sites for hydroxylation is 2. The molecular weight excluding hydrogens is 508 g/mol. The van der Waals surface area contributed by atoms with E-state index in [1.807, 2.05) is 34.9 Å². The summed E-state index contributed by atoms with van der Waals surface area (Å²) in [6.45, 7) is 4.76. The van der Waals surface area contributed by atoms with Gasteiger partial charge in [-0.05, 0) is 53.0 Å². The topological polar surface area (TPSA) is 95.6 Å². The number of furan rings is 1. The lowest BCUT2D eigenvalue weighted by molar-refractivity contribution is 0.545. The molecule has 0 spiro atoms. The van der Waals surface area contributed by atoms with Crippen LogP contribution in [0, 0.1) is 13.8 Å². The smallest absolute Gasteiger partial charge is 0.200 e. The summed E-state index contributed by atoms with van der Waals surface area (Å²) in [5, 5.41) is 10.6. The van der Waals surface area contributed by atoms with Crippen LogP contribution < -0.4 is 5.73 Å². The lowest BCUT2D eigenvalue weighted by Crippen LogP contribution is -2.04. The second kappa shape index (κ2) is 8.68. The van der Waals surface area contributed by atoms with Gasteiger partial charge in [-0.1, -0.05) is 42.1 Å². The second-order valence-electron chi connectivity index (χ2n) is 7.26. The van der Waals surface area contributed by atoms with Gasteiger partial charge in [0.05, 0.1) is 17.7 Å². The number of halogens is 1. The molecule has 0 fully saturated rings. The Morgan fingerprint density at radius 2 is 1.91 bits per heavy atom. The number of thiophene rings is 1. The van der Waals surface area contributed by atoms with E-state index in [2.05, 4.69) is 57.1 Å². The third kappa shape index (κ3) is 4.05. The summed E-state index contributed by atoms with van der Waals surface area (Å²) in [5.41, 5.74) is 8.55. The van der Waals surface area contributed by atoms with Crippen LogP contribution in [0.1, 0.15) is 21.8 Å². The number of nitrogens with two attached hydrogens (primary N) is 1. The summed E-state index contributed by atoms with van der Waals surface area (Å²) in [7, 11) is 0. The second-order valence-corrected chi connectivity index (χ2v) is 10.2. The van der Waals surface area contributed by atoms with Crippen molar-refractivity contribution in [2.75, 3.05) is 5.73 Å². The monoisotopic (exact) mass is 526 g/mol. The highest BCUT2D eigenvalue weighted by atomic mass is 79.9. The molecule has 1 aromatic carbocycles. The molecular formula is C22H19BrN6OS2. The molecule has 5 rings (SSSR count). The molecule has 0 atom stereocenters. The Hall–Kier alpha value is -2.69. The lowest BCUT2D eigenvalue weighted by Gasteiger charge is -2.09. The lowest BCUT2D eigenvalue weighted by atomic mass is 10.2. The fourth-order valence-corrected chi connectivity index (χ4v) is 5.60. The number of nitrogen functional groups attached to an aromatic ring is 1. The van der Waals surface area contributed by atoms with Crippen LogP contribution in [0.2, 0.25) is 0 Å². The molecule has 0 saturated carbocycles. The van der Waals surface area contributed by atoms with Crippen molar-refractivity contribution in [1.82, 2.24) is 24.7 Å². The average molecular weight is 527 g/mol. The first kappa shape index (κ1) is 21.2. The van der Waals surface area contributed by atoms with Gasteiger partial charge < -0.3 is 10.2 Å². The third-order valence-electron chi connectivity index (χ3n) is 5.13. The van der Waals surface area contributed by atoms with Crippen molar-refractivity contribution in [3.05, 3.63) is 69.0 Å². The minimum absolute atomic E-state index is 0.527. The fourth-order valence-electron chi connectivity index (χ4n) is 3.44. The Labute approximate surface area is 201 Å². The standard InChI is InChI=1S/C22H19BrN6OS2/c1-12-13(2)32-21-18(12)19(24)25-17(26-21)11-31-22-28-27-20(15-8-9-16(23)30-15)29(22)10-14-6-4-3-5-7-14/h3-9H,10-11H2,1-2H3,(H2,24,25,26). The highest BCUT2D eigenvalue weighted by Gasteiger charge is 2.19. The number of aromatic nitrogens is 5. The number of hydrogen-bond acceptors (Lipinski definition) is 8. The first-order valence-electron chi connectivity index (χ1n) is 9.87. The Balaban J connectivity index is 1.47. The van der Waals surface area contributed by atoms with Crippen LogP contribution in [0.15, 0.2) is 56.7 Å². The summed E-state index contributed by atoms with van der Waals surface area (Å²) in [4.78, 5) is 11.4. The van der Waals surface area contributed by atoms with Crippen LogP contribution >= 0.6 is 39.0 Å². The van der Waals surface area contributed by atoms with Gasteiger partial charge in [-0.3, -0.25) is 4.57 Å². The highest BCUT2D eigenvalue weighted by Crippen LogP contribution is 2.33. The van der Waals surface area contributed by atoms with Gasteiger partial charge in [0.25, 0.3) is 0 Å². The maximum atomic E-state index is 6.25. The van der Waals surface area contributed by atoms with Gasteiger partial charge in [0.15, 0.2) is 15.6 Å². The highest BCUT2D eigenvalue weighted by molar-refractivity contribution is 9.10. The Bertz CT molecular complexity index is 1410. The number of rotatable bonds is 6. The predicted octanol–water partition coefficient (Wildman–Crippen LogP) is 5.84. The largest absolute Gasteiger partial charge is 0.446 e. The van der Waals surface area contributed by atoms with Gasteiger partial charge in [-0.2, -0.15) is 0 Å². The van der Waals surface area contributed by atoms with Gasteiger partial charge in [0.2, 0.25) is 5.82 Å². The van der Waals surface area contributed by atoms with Crippen molar-refractivity contribution in [1.29, 1.82) is 0 Å². The average Bonchev–Trinajstić information content (AvgIpc) is 3.45. The van der Waals surface area contributed by atoms with E-state index in [9.17, 15) is 0 Å². The molecule has 7 nitrogen and oxygen atoms in total. The van der Waals surface area contributed by atoms with Crippen molar-refractivity contribution >= 4 is 55.1 Å². The van der Waals surface area contributed by atoms with Gasteiger partial charge in [-0.25, -0.2) is 9.97 Å². The first-order chi connectivity index (χ1) is 15.5. The van der Waals surface area contributed by atoms with E-state index in [-0.39, 0.29) is 0 Å². The summed E-state index contributed by atoms with van der Waals surface area (Å²) < 4.78 is 8.44. The minimum Gasteiger partial charge on any atom is -0.446 e. The van der Waals surface area contributed by atoms with Crippen LogP contribution in [-0.2, 0) is 12.3 Å². The zero-order chi connectivity index (χ0) is 22.2. The van der Waals surface area contributed by atoms with Crippen LogP contribution in [0.25, 0.3) is 21.8 Å². The molecule has 4 heterocycles. The molecule has 0 aliphatic carbocycles. The maximum absolute atomic E-state index is 6.25. The van der Waals surface area contributed by atoms with E-state index >= 15 is 0 Å². The number of anilines is 1. The summed E-state index contributed by atoms with van der Waals surface area (Å²) in [6.07, 6.45) is 0. The molecule has 4 aromatic heterocycles. The van der Waals surface area contributed by atoms with Crippen molar-refractivity contribution in [3.63, 3.8) is 0 Å². The molecule has 0 aliphatic heterocycles. The zero-order valence-corrected chi connectivity index (χ0v) is 20.6. The zero-order valence-electron chi connectivity index (χ0n) is 17.4. The van der Waals surface area contributed by atoms with E-state index in [0.717, 1.165) is 26.5 Å². The number of thioether (sulfide) groups is 1. The fraction of sp³-hybridized carbons (Fsp3) is 0.182. The molecule has 10 heteroatoms. The first-order valence-corrected chi connectivity index (χ1v) is 12.5. The van der Waals surface area contributed by atoms with Crippen molar-refractivity contribution in [2.45, 2.75) is 31.3 Å². The molecule has 32 heavy (non-hydrogen) atoms. The van der Waals surface area contributed by atoms with Gasteiger partial charge >= 0.3 is 0 Å². The molecule has 5 aromatic rings. The van der Waals surface area contributed by atoms with Crippen LogP contribution in [-0.4, -0.2) is 24.7 Å². The molecule has 2 N–H and O–H groups in total. The van der Waals surface area contributed by atoms with Crippen LogP contribution in [0.5, 0.6) is 0 Å². The van der Waals surface area contributed by atoms with Crippen LogP contribution in [0.4, 0.5) is 5.82 Å². The number of nitrogens with zero attached hydrogens (tertiary/aromatic N) is 5. The maximum Gasteiger partial charge on any atom is 0.200 e. The van der Waals surface area contributed by atoms with Gasteiger partial charge in [0.1, 0.15) is 16.5 Å². The molecule has 162 valence electrons. The summed E-state index contributed by atoms with van der Waals surface area (Å²) in [5.74, 6) is 3.06. The third-order valence-corrected chi connectivity index (χ3v) is 7.62. The molecule has 0 saturated heterocycles. The van der Waals surface area contributed by atoms with E-state index in [4.69, 9.17) is 15.1 Å². The quantitative estimate of drug-likeness (QED) is 0.277. The van der Waals surface area contributed by atoms with Gasteiger partial charge in [-0.15, -0.1) is 21.5 Å². The van der Waals surface area contributed by atoms with E-state index in [1.165, 1.54) is 16.6 Å². The summed E-state index contributed by atoms with van der Waals surface area (Å²) in [6, 6.07) is 13.9. The van der Waals surface area contributed by atoms with Crippen molar-refractivity contribution in [3.8, 4) is 11.6 Å². The summed E-state index contributed by atoms with van der Waals surface area (Å²) >= 11 is 6.54. The molecule has 0 bridgehead atoms. The van der Waals surface area contributed by atoms with E-state index < -0.39 is 0 Å².